The zero-order valence-electron chi connectivity index (χ0n) is 14.4. The minimum Gasteiger partial charge on any atom is -0.293 e. The topological polar surface area (TPSA) is 47.1 Å². The van der Waals surface area contributed by atoms with Crippen LogP contribution in [0.2, 0.25) is 0 Å². The lowest BCUT2D eigenvalue weighted by molar-refractivity contribution is 0.0469. The summed E-state index contributed by atoms with van der Waals surface area (Å²) < 4.78 is 0. The van der Waals surface area contributed by atoms with Crippen LogP contribution in [-0.2, 0) is 0 Å². The zero-order valence-corrected chi connectivity index (χ0v) is 17.5. The van der Waals surface area contributed by atoms with Crippen molar-refractivity contribution >= 4 is 58.5 Å². The molecular weight excluding hydrogens is 398 g/mol. The van der Waals surface area contributed by atoms with E-state index in [0.29, 0.717) is 0 Å². The third-order valence-corrected chi connectivity index (χ3v) is 4.86. The second-order valence-electron chi connectivity index (χ2n) is 7.83. The number of amides is 4. The van der Waals surface area contributed by atoms with Gasteiger partial charge in [0, 0.05) is 11.1 Å². The van der Waals surface area contributed by atoms with Crippen LogP contribution in [0.3, 0.4) is 0 Å². The van der Waals surface area contributed by atoms with Crippen molar-refractivity contribution in [2.24, 2.45) is 0 Å². The lowest BCUT2D eigenvalue weighted by Crippen LogP contribution is -2.58. The first-order chi connectivity index (χ1) is 10.7. The normalized spacial score (nSPS) is 25.7. The third-order valence-electron chi connectivity index (χ3n) is 3.96. The van der Waals surface area contributed by atoms with E-state index in [-0.39, 0.29) is 0 Å². The van der Waals surface area contributed by atoms with Gasteiger partial charge in [-0.1, -0.05) is 0 Å². The molecule has 0 N–H and O–H groups in total. The van der Waals surface area contributed by atoms with E-state index in [4.69, 9.17) is 46.4 Å². The summed E-state index contributed by atoms with van der Waals surface area (Å²) in [6.07, 6.45) is -1.68. The van der Waals surface area contributed by atoms with Gasteiger partial charge in [0.2, 0.25) is 0 Å². The van der Waals surface area contributed by atoms with Crippen LogP contribution in [0.4, 0.5) is 9.59 Å². The van der Waals surface area contributed by atoms with E-state index in [1.807, 2.05) is 41.5 Å². The van der Waals surface area contributed by atoms with Gasteiger partial charge < -0.3 is 0 Å². The van der Waals surface area contributed by atoms with Crippen molar-refractivity contribution in [3.8, 4) is 0 Å². The Morgan fingerprint density at radius 1 is 0.708 bits per heavy atom. The Morgan fingerprint density at radius 3 is 1.12 bits per heavy atom. The second kappa shape index (κ2) is 6.15. The van der Waals surface area contributed by atoms with Gasteiger partial charge in [-0.15, -0.1) is 46.4 Å². The Bertz CT molecular complexity index is 496. The van der Waals surface area contributed by atoms with E-state index in [1.54, 1.807) is 0 Å². The highest BCUT2D eigenvalue weighted by Crippen LogP contribution is 2.44. The largest absolute Gasteiger partial charge is 0.343 e. The summed E-state index contributed by atoms with van der Waals surface area (Å²) in [7, 11) is 0. The van der Waals surface area contributed by atoms with Gasteiger partial charge in [0.05, 0.1) is 0 Å². The van der Waals surface area contributed by atoms with Crippen LogP contribution in [0.5, 0.6) is 0 Å². The Morgan fingerprint density at radius 2 is 0.958 bits per heavy atom. The van der Waals surface area contributed by atoms with E-state index >= 15 is 0 Å². The SMILES string of the molecule is CC(C)(C)N1C(=O)N2C(C(Cl)Cl)N(C(C)(C)C)C(=O)N2C1C(Cl)Cl. The van der Waals surface area contributed by atoms with Gasteiger partial charge in [-0.25, -0.2) is 19.6 Å². The van der Waals surface area contributed by atoms with Crippen LogP contribution in [0.15, 0.2) is 0 Å². The maximum absolute atomic E-state index is 13.1. The second-order valence-corrected chi connectivity index (χ2v) is 10.2. The molecule has 0 saturated carbocycles. The molecule has 2 fully saturated rings. The van der Waals surface area contributed by atoms with Gasteiger partial charge in [-0.05, 0) is 41.5 Å². The van der Waals surface area contributed by atoms with Crippen LogP contribution >= 0.6 is 46.4 Å². The number of nitrogens with zero attached hydrogens (tertiary/aromatic N) is 4. The van der Waals surface area contributed by atoms with Gasteiger partial charge in [-0.3, -0.25) is 9.80 Å². The fourth-order valence-corrected chi connectivity index (χ4v) is 4.02. The number of urea groups is 2. The molecule has 2 aliphatic heterocycles. The quantitative estimate of drug-likeness (QED) is 0.628. The summed E-state index contributed by atoms with van der Waals surface area (Å²) in [5.74, 6) is 0. The number of rotatable bonds is 2. The number of hydrazine groups is 1. The molecule has 24 heavy (non-hydrogen) atoms. The first kappa shape index (κ1) is 20.0. The fraction of sp³-hybridized carbons (Fsp3) is 0.857. The summed E-state index contributed by atoms with van der Waals surface area (Å²) in [4.78, 5) is 27.1. The number of fused-ring (bicyclic) bond motifs is 1. The Hall–Kier alpha value is -0.300. The highest BCUT2D eigenvalue weighted by molar-refractivity contribution is 6.45. The van der Waals surface area contributed by atoms with Crippen molar-refractivity contribution in [3.05, 3.63) is 0 Å². The molecule has 0 aliphatic carbocycles. The molecule has 0 spiro atoms. The van der Waals surface area contributed by atoms with E-state index in [9.17, 15) is 9.59 Å². The molecule has 4 amide bonds. The molecule has 2 rings (SSSR count). The van der Waals surface area contributed by atoms with Crippen LogP contribution in [-0.4, -0.2) is 65.0 Å². The third kappa shape index (κ3) is 3.00. The molecule has 0 aromatic rings. The number of carbonyl (C=O) groups is 2. The molecule has 2 heterocycles. The predicted octanol–water partition coefficient (Wildman–Crippen LogP) is 4.23. The summed E-state index contributed by atoms with van der Waals surface area (Å²) in [5, 5.41) is 2.54. The van der Waals surface area contributed by atoms with Crippen LogP contribution in [0.25, 0.3) is 0 Å². The zero-order chi connectivity index (χ0) is 18.8. The van der Waals surface area contributed by atoms with Crippen molar-refractivity contribution in [1.29, 1.82) is 0 Å². The summed E-state index contributed by atoms with van der Waals surface area (Å²) in [6, 6.07) is -0.814. The number of halogens is 4. The molecule has 2 atom stereocenters. The minimum absolute atomic E-state index is 0.407. The monoisotopic (exact) mass is 418 g/mol. The smallest absolute Gasteiger partial charge is 0.293 e. The number of hydrogen-bond acceptors (Lipinski definition) is 2. The molecular formula is C14H22Cl4N4O2. The Kier molecular flexibility index (Phi) is 5.13. The van der Waals surface area contributed by atoms with Gasteiger partial charge in [0.1, 0.15) is 9.67 Å². The van der Waals surface area contributed by atoms with Crippen LogP contribution in [0.1, 0.15) is 41.5 Å². The number of carbonyl (C=O) groups excluding carboxylic acids is 2. The molecule has 10 heteroatoms. The predicted molar refractivity (Wildman–Crippen MR) is 96.2 cm³/mol. The van der Waals surface area contributed by atoms with Crippen LogP contribution < -0.4 is 0 Å². The molecule has 6 nitrogen and oxygen atoms in total. The molecule has 138 valence electrons. The van der Waals surface area contributed by atoms with E-state index in [0.717, 1.165) is 0 Å². The molecule has 2 unspecified atom stereocenters. The van der Waals surface area contributed by atoms with Crippen LogP contribution in [0, 0.1) is 0 Å². The fourth-order valence-electron chi connectivity index (χ4n) is 3.14. The maximum Gasteiger partial charge on any atom is 0.343 e. The van der Waals surface area contributed by atoms with Crippen molar-refractivity contribution in [2.45, 2.75) is 74.6 Å². The average Bonchev–Trinajstić information content (AvgIpc) is 2.82. The Labute approximate surface area is 162 Å². The molecule has 0 aromatic heterocycles. The summed E-state index contributed by atoms with van der Waals surface area (Å²) in [5.41, 5.74) is -1.20. The lowest BCUT2D eigenvalue weighted by Gasteiger charge is -2.40. The Balaban J connectivity index is 2.60. The first-order valence-corrected chi connectivity index (χ1v) is 9.27. The molecule has 2 saturated heterocycles. The van der Waals surface area contributed by atoms with Gasteiger partial charge in [0.15, 0.2) is 12.3 Å². The van der Waals surface area contributed by atoms with Crippen molar-refractivity contribution in [2.75, 3.05) is 0 Å². The van der Waals surface area contributed by atoms with Crippen molar-refractivity contribution < 1.29 is 9.59 Å². The lowest BCUT2D eigenvalue weighted by atomic mass is 10.1. The highest BCUT2D eigenvalue weighted by atomic mass is 35.5. The van der Waals surface area contributed by atoms with Crippen molar-refractivity contribution in [3.63, 3.8) is 0 Å². The van der Waals surface area contributed by atoms with E-state index < -0.39 is 45.1 Å². The summed E-state index contributed by atoms with van der Waals surface area (Å²) >= 11 is 24.6. The highest BCUT2D eigenvalue weighted by Gasteiger charge is 2.64. The maximum atomic E-state index is 13.1. The van der Waals surface area contributed by atoms with Gasteiger partial charge in [-0.2, -0.15) is 0 Å². The molecule has 2 aliphatic rings. The first-order valence-electron chi connectivity index (χ1n) is 7.52. The minimum atomic E-state index is -0.994. The summed E-state index contributed by atoms with van der Waals surface area (Å²) in [6.45, 7) is 11.1. The van der Waals surface area contributed by atoms with Gasteiger partial charge in [0.25, 0.3) is 0 Å². The van der Waals surface area contributed by atoms with E-state index in [2.05, 4.69) is 0 Å². The number of alkyl halides is 4. The van der Waals surface area contributed by atoms with Crippen molar-refractivity contribution in [1.82, 2.24) is 19.8 Å². The molecule has 0 bridgehead atoms. The standard InChI is InChI=1S/C14H22Cl4N4O2/c1-13(2,3)19-9(7(15)16)21-12(24)20(14(4,5)6)10(8(17)18)22(21)11(19)23/h7-10H,1-6H3. The molecule has 0 aromatic carbocycles. The van der Waals surface area contributed by atoms with E-state index in [1.165, 1.54) is 19.8 Å². The van der Waals surface area contributed by atoms with Gasteiger partial charge >= 0.3 is 12.1 Å². The number of hydrogen-bond donors (Lipinski definition) is 0. The molecule has 0 radical (unpaired) electrons. The average molecular weight is 420 g/mol.